The molecule has 0 atom stereocenters. The molecule has 3 aromatic rings. The maximum absolute atomic E-state index is 13.2. The number of morpholine rings is 1. The van der Waals surface area contributed by atoms with Crippen LogP contribution in [0.25, 0.3) is 10.8 Å². The van der Waals surface area contributed by atoms with Crippen LogP contribution < -0.4 is 5.32 Å². The Morgan fingerprint density at radius 2 is 1.89 bits per heavy atom. The van der Waals surface area contributed by atoms with E-state index in [0.29, 0.717) is 37.7 Å². The number of anilines is 2. The Labute approximate surface area is 156 Å². The van der Waals surface area contributed by atoms with Crippen molar-refractivity contribution in [2.24, 2.45) is 0 Å². The zero-order valence-corrected chi connectivity index (χ0v) is 15.0. The maximum atomic E-state index is 13.2. The van der Waals surface area contributed by atoms with Gasteiger partial charge in [-0.2, -0.15) is 0 Å². The number of carbonyl (C=O) groups is 1. The number of benzene rings is 2. The Morgan fingerprint density at radius 1 is 1.15 bits per heavy atom. The van der Waals surface area contributed by atoms with Crippen molar-refractivity contribution < 1.29 is 13.9 Å². The molecule has 138 valence electrons. The van der Waals surface area contributed by atoms with Gasteiger partial charge in [-0.3, -0.25) is 4.79 Å². The molecule has 1 amide bonds. The van der Waals surface area contributed by atoms with Gasteiger partial charge in [0.25, 0.3) is 5.91 Å². The SMILES string of the molecule is Cc1cccc2c(Nc3ccc(F)cc3)ncc(C(=O)N3CCOCC3)c12. The molecule has 4 rings (SSSR count). The fourth-order valence-electron chi connectivity index (χ4n) is 3.35. The standard InChI is InChI=1S/C21H20FN3O2/c1-14-3-2-4-17-19(14)18(21(26)25-9-11-27-12-10-25)13-23-20(17)24-16-7-5-15(22)6-8-16/h2-8,13H,9-12H2,1H3,(H,23,24). The van der Waals surface area contributed by atoms with Crippen molar-refractivity contribution in [3.8, 4) is 0 Å². The van der Waals surface area contributed by atoms with E-state index in [4.69, 9.17) is 4.74 Å². The monoisotopic (exact) mass is 365 g/mol. The van der Waals surface area contributed by atoms with Crippen LogP contribution in [0.15, 0.2) is 48.7 Å². The zero-order chi connectivity index (χ0) is 18.8. The van der Waals surface area contributed by atoms with E-state index in [1.54, 1.807) is 23.2 Å². The number of fused-ring (bicyclic) bond motifs is 1. The van der Waals surface area contributed by atoms with E-state index >= 15 is 0 Å². The molecule has 6 heteroatoms. The summed E-state index contributed by atoms with van der Waals surface area (Å²) in [4.78, 5) is 19.3. The highest BCUT2D eigenvalue weighted by Crippen LogP contribution is 2.30. The molecule has 0 unspecified atom stereocenters. The van der Waals surface area contributed by atoms with Crippen LogP contribution in [0.2, 0.25) is 0 Å². The summed E-state index contributed by atoms with van der Waals surface area (Å²) < 4.78 is 18.5. The molecule has 1 aromatic heterocycles. The van der Waals surface area contributed by atoms with Gasteiger partial charge >= 0.3 is 0 Å². The number of aryl methyl sites for hydroxylation is 1. The molecule has 2 heterocycles. The smallest absolute Gasteiger partial charge is 0.256 e. The van der Waals surface area contributed by atoms with Crippen LogP contribution in [0.4, 0.5) is 15.9 Å². The summed E-state index contributed by atoms with van der Waals surface area (Å²) in [5, 5.41) is 4.97. The summed E-state index contributed by atoms with van der Waals surface area (Å²) in [7, 11) is 0. The number of hydrogen-bond donors (Lipinski definition) is 1. The third kappa shape index (κ3) is 3.48. The summed E-state index contributed by atoms with van der Waals surface area (Å²) in [6.45, 7) is 4.27. The number of rotatable bonds is 3. The molecule has 2 aromatic carbocycles. The molecule has 5 nitrogen and oxygen atoms in total. The summed E-state index contributed by atoms with van der Waals surface area (Å²) in [6, 6.07) is 12.0. The average Bonchev–Trinajstić information content (AvgIpc) is 2.70. The lowest BCUT2D eigenvalue weighted by Crippen LogP contribution is -2.40. The van der Waals surface area contributed by atoms with E-state index in [2.05, 4.69) is 10.3 Å². The lowest BCUT2D eigenvalue weighted by Gasteiger charge is -2.27. The molecule has 0 spiro atoms. The van der Waals surface area contributed by atoms with Crippen molar-refractivity contribution in [3.05, 3.63) is 65.6 Å². The first-order valence-corrected chi connectivity index (χ1v) is 8.91. The molecule has 1 fully saturated rings. The highest BCUT2D eigenvalue weighted by molar-refractivity contribution is 6.10. The highest BCUT2D eigenvalue weighted by Gasteiger charge is 2.22. The number of nitrogens with one attached hydrogen (secondary N) is 1. The predicted octanol–water partition coefficient (Wildman–Crippen LogP) is 3.90. The van der Waals surface area contributed by atoms with Crippen LogP contribution in [0.1, 0.15) is 15.9 Å². The molecule has 27 heavy (non-hydrogen) atoms. The van der Waals surface area contributed by atoms with Crippen molar-refractivity contribution >= 4 is 28.2 Å². The Hall–Kier alpha value is -2.99. The Kier molecular flexibility index (Phi) is 4.73. The number of carbonyl (C=O) groups excluding carboxylic acids is 1. The molecule has 1 aliphatic rings. The van der Waals surface area contributed by atoms with Gasteiger partial charge in [0, 0.05) is 35.7 Å². The van der Waals surface area contributed by atoms with Crippen LogP contribution in [-0.2, 0) is 4.74 Å². The Morgan fingerprint density at radius 3 is 2.63 bits per heavy atom. The maximum Gasteiger partial charge on any atom is 0.256 e. The quantitative estimate of drug-likeness (QED) is 0.765. The van der Waals surface area contributed by atoms with E-state index in [0.717, 1.165) is 22.0 Å². The minimum Gasteiger partial charge on any atom is -0.378 e. The lowest BCUT2D eigenvalue weighted by atomic mass is 10.0. The molecule has 0 aliphatic carbocycles. The fraction of sp³-hybridized carbons (Fsp3) is 0.238. The van der Waals surface area contributed by atoms with Gasteiger partial charge in [-0.25, -0.2) is 9.37 Å². The number of nitrogens with zero attached hydrogens (tertiary/aromatic N) is 2. The summed E-state index contributed by atoms with van der Waals surface area (Å²) in [5.41, 5.74) is 2.34. The van der Waals surface area contributed by atoms with Gasteiger partial charge in [0.2, 0.25) is 0 Å². The predicted molar refractivity (Wildman–Crippen MR) is 103 cm³/mol. The molecule has 1 N–H and O–H groups in total. The van der Waals surface area contributed by atoms with Crippen molar-refractivity contribution in [1.82, 2.24) is 9.88 Å². The fourth-order valence-corrected chi connectivity index (χ4v) is 3.35. The first-order valence-electron chi connectivity index (χ1n) is 8.91. The minimum absolute atomic E-state index is 0.0292. The molecule has 1 saturated heterocycles. The number of aromatic nitrogens is 1. The van der Waals surface area contributed by atoms with Crippen LogP contribution in [-0.4, -0.2) is 42.1 Å². The third-order valence-electron chi connectivity index (χ3n) is 4.76. The Bertz CT molecular complexity index is 983. The molecule has 0 bridgehead atoms. The first-order chi connectivity index (χ1) is 13.1. The number of amides is 1. The van der Waals surface area contributed by atoms with Gasteiger partial charge < -0.3 is 15.0 Å². The summed E-state index contributed by atoms with van der Waals surface area (Å²) >= 11 is 0. The van der Waals surface area contributed by atoms with Gasteiger partial charge in [-0.15, -0.1) is 0 Å². The van der Waals surface area contributed by atoms with E-state index in [1.807, 2.05) is 25.1 Å². The number of pyridine rings is 1. The highest BCUT2D eigenvalue weighted by atomic mass is 19.1. The summed E-state index contributed by atoms with van der Waals surface area (Å²) in [5.74, 6) is 0.318. The minimum atomic E-state index is -0.291. The van der Waals surface area contributed by atoms with E-state index in [1.165, 1.54) is 12.1 Å². The zero-order valence-electron chi connectivity index (χ0n) is 15.0. The molecule has 0 saturated carbocycles. The van der Waals surface area contributed by atoms with Crippen LogP contribution in [0.5, 0.6) is 0 Å². The van der Waals surface area contributed by atoms with Crippen LogP contribution in [0.3, 0.4) is 0 Å². The van der Waals surface area contributed by atoms with Gasteiger partial charge in [0.1, 0.15) is 11.6 Å². The van der Waals surface area contributed by atoms with E-state index in [-0.39, 0.29) is 11.7 Å². The Balaban J connectivity index is 1.76. The lowest BCUT2D eigenvalue weighted by molar-refractivity contribution is 0.0304. The number of hydrogen-bond acceptors (Lipinski definition) is 4. The van der Waals surface area contributed by atoms with Gasteiger partial charge in [0.15, 0.2) is 0 Å². The van der Waals surface area contributed by atoms with Crippen molar-refractivity contribution in [2.75, 3.05) is 31.6 Å². The van der Waals surface area contributed by atoms with Crippen LogP contribution >= 0.6 is 0 Å². The third-order valence-corrected chi connectivity index (χ3v) is 4.76. The second-order valence-electron chi connectivity index (χ2n) is 6.55. The topological polar surface area (TPSA) is 54.5 Å². The van der Waals surface area contributed by atoms with E-state index in [9.17, 15) is 9.18 Å². The molecular formula is C21H20FN3O2. The number of halogens is 1. The van der Waals surface area contributed by atoms with Crippen LogP contribution in [0, 0.1) is 12.7 Å². The number of ether oxygens (including phenoxy) is 1. The summed E-state index contributed by atoms with van der Waals surface area (Å²) in [6.07, 6.45) is 1.62. The molecular weight excluding hydrogens is 345 g/mol. The first kappa shape index (κ1) is 17.4. The second-order valence-corrected chi connectivity index (χ2v) is 6.55. The average molecular weight is 365 g/mol. The second kappa shape index (κ2) is 7.32. The molecule has 0 radical (unpaired) electrons. The van der Waals surface area contributed by atoms with Gasteiger partial charge in [-0.1, -0.05) is 18.2 Å². The van der Waals surface area contributed by atoms with Gasteiger partial charge in [-0.05, 0) is 36.8 Å². The molecule has 1 aliphatic heterocycles. The van der Waals surface area contributed by atoms with Crippen molar-refractivity contribution in [2.45, 2.75) is 6.92 Å². The van der Waals surface area contributed by atoms with Crippen molar-refractivity contribution in [3.63, 3.8) is 0 Å². The van der Waals surface area contributed by atoms with E-state index < -0.39 is 0 Å². The van der Waals surface area contributed by atoms with Crippen molar-refractivity contribution in [1.29, 1.82) is 0 Å². The normalized spacial score (nSPS) is 14.4. The largest absolute Gasteiger partial charge is 0.378 e. The van der Waals surface area contributed by atoms with Gasteiger partial charge in [0.05, 0.1) is 18.8 Å².